The maximum absolute atomic E-state index is 6.31. The molecule has 112 valence electrons. The fourth-order valence-electron chi connectivity index (χ4n) is 2.25. The average Bonchev–Trinajstić information content (AvgIpc) is 2.43. The van der Waals surface area contributed by atoms with E-state index in [0.29, 0.717) is 26.5 Å². The van der Waals surface area contributed by atoms with Gasteiger partial charge in [0.2, 0.25) is 0 Å². The molecule has 0 spiro atoms. The van der Waals surface area contributed by atoms with E-state index >= 15 is 0 Å². The molecule has 1 nitrogen and oxygen atoms in total. The summed E-state index contributed by atoms with van der Waals surface area (Å²) >= 11 is 24.6. The first kappa shape index (κ1) is 16.9. The number of benzene rings is 2. The molecule has 0 heterocycles. The molecule has 0 aliphatic rings. The Bertz CT molecular complexity index is 628. The molecule has 1 atom stereocenters. The summed E-state index contributed by atoms with van der Waals surface area (Å²) in [5.74, 6) is 0. The van der Waals surface area contributed by atoms with E-state index in [9.17, 15) is 0 Å². The Kier molecular flexibility index (Phi) is 6.21. The van der Waals surface area contributed by atoms with Crippen LogP contribution in [0, 0.1) is 0 Å². The Labute approximate surface area is 145 Å². The molecule has 21 heavy (non-hydrogen) atoms. The largest absolute Gasteiger partial charge is 0.310 e. The van der Waals surface area contributed by atoms with E-state index in [-0.39, 0.29) is 6.04 Å². The van der Waals surface area contributed by atoms with E-state index in [2.05, 4.69) is 12.2 Å². The van der Waals surface area contributed by atoms with Gasteiger partial charge in [-0.2, -0.15) is 0 Å². The maximum Gasteiger partial charge on any atom is 0.0624 e. The quantitative estimate of drug-likeness (QED) is 0.668. The second-order valence-electron chi connectivity index (χ2n) is 4.69. The van der Waals surface area contributed by atoms with Gasteiger partial charge < -0.3 is 5.32 Å². The molecule has 0 aliphatic carbocycles. The van der Waals surface area contributed by atoms with Crippen molar-refractivity contribution in [3.05, 3.63) is 67.6 Å². The standard InChI is InChI=1S/C16H15Cl4N/c1-2-21-15(12-7-6-11(17)9-14(12)19)8-10-4-3-5-13(18)16(10)20/h3-7,9,15,21H,2,8H2,1H3. The molecule has 2 aromatic carbocycles. The van der Waals surface area contributed by atoms with Crippen LogP contribution in [0.15, 0.2) is 36.4 Å². The summed E-state index contributed by atoms with van der Waals surface area (Å²) < 4.78 is 0. The molecule has 0 aromatic heterocycles. The minimum atomic E-state index is 0.0516. The lowest BCUT2D eigenvalue weighted by molar-refractivity contribution is 0.550. The van der Waals surface area contributed by atoms with Gasteiger partial charge >= 0.3 is 0 Å². The molecule has 1 N–H and O–H groups in total. The summed E-state index contributed by atoms with van der Waals surface area (Å²) in [5, 5.41) is 5.85. The zero-order chi connectivity index (χ0) is 15.4. The van der Waals surface area contributed by atoms with Crippen LogP contribution in [-0.2, 0) is 6.42 Å². The molecule has 2 aromatic rings. The topological polar surface area (TPSA) is 12.0 Å². The van der Waals surface area contributed by atoms with Crippen molar-refractivity contribution in [1.82, 2.24) is 5.32 Å². The van der Waals surface area contributed by atoms with E-state index in [1.54, 1.807) is 12.1 Å². The SMILES string of the molecule is CCNC(Cc1cccc(Cl)c1Cl)c1ccc(Cl)cc1Cl. The van der Waals surface area contributed by atoms with Gasteiger partial charge in [0.15, 0.2) is 0 Å². The Balaban J connectivity index is 2.33. The molecule has 0 radical (unpaired) electrons. The lowest BCUT2D eigenvalue weighted by atomic mass is 9.98. The van der Waals surface area contributed by atoms with Crippen LogP contribution in [0.3, 0.4) is 0 Å². The third-order valence-corrected chi connectivity index (χ3v) is 4.66. The molecule has 1 unspecified atom stereocenters. The van der Waals surface area contributed by atoms with Gasteiger partial charge in [-0.15, -0.1) is 0 Å². The Morgan fingerprint density at radius 3 is 2.43 bits per heavy atom. The maximum atomic E-state index is 6.31. The predicted octanol–water partition coefficient (Wildman–Crippen LogP) is 6.19. The van der Waals surface area contributed by atoms with Crippen LogP contribution in [-0.4, -0.2) is 6.54 Å². The summed E-state index contributed by atoms with van der Waals surface area (Å²) in [6, 6.07) is 11.2. The van der Waals surface area contributed by atoms with E-state index in [1.807, 2.05) is 24.3 Å². The Morgan fingerprint density at radius 2 is 1.76 bits per heavy atom. The molecule has 0 fully saturated rings. The smallest absolute Gasteiger partial charge is 0.0624 e. The number of halogens is 4. The molecule has 0 saturated heterocycles. The molecule has 0 aliphatic heterocycles. The van der Waals surface area contributed by atoms with Crippen LogP contribution in [0.5, 0.6) is 0 Å². The van der Waals surface area contributed by atoms with Crippen molar-refractivity contribution in [3.63, 3.8) is 0 Å². The van der Waals surface area contributed by atoms with Crippen molar-refractivity contribution in [2.75, 3.05) is 6.54 Å². The van der Waals surface area contributed by atoms with Crippen molar-refractivity contribution in [1.29, 1.82) is 0 Å². The zero-order valence-corrected chi connectivity index (χ0v) is 14.5. The minimum absolute atomic E-state index is 0.0516. The van der Waals surface area contributed by atoms with E-state index in [0.717, 1.165) is 17.7 Å². The Morgan fingerprint density at radius 1 is 1.00 bits per heavy atom. The molecular weight excluding hydrogens is 348 g/mol. The number of rotatable bonds is 5. The number of hydrogen-bond acceptors (Lipinski definition) is 1. The summed E-state index contributed by atoms with van der Waals surface area (Å²) in [6.45, 7) is 2.87. The van der Waals surface area contributed by atoms with Crippen LogP contribution in [0.25, 0.3) is 0 Å². The van der Waals surface area contributed by atoms with Crippen molar-refractivity contribution in [2.45, 2.75) is 19.4 Å². The van der Waals surface area contributed by atoms with Crippen molar-refractivity contribution >= 4 is 46.4 Å². The highest BCUT2D eigenvalue weighted by molar-refractivity contribution is 6.42. The molecule has 0 amide bonds. The number of hydrogen-bond donors (Lipinski definition) is 1. The van der Waals surface area contributed by atoms with Crippen molar-refractivity contribution in [2.24, 2.45) is 0 Å². The van der Waals surface area contributed by atoms with E-state index in [1.165, 1.54) is 0 Å². The third-order valence-electron chi connectivity index (χ3n) is 3.24. The summed E-state index contributed by atoms with van der Waals surface area (Å²) in [7, 11) is 0. The highest BCUT2D eigenvalue weighted by Crippen LogP contribution is 2.32. The highest BCUT2D eigenvalue weighted by Gasteiger charge is 2.17. The van der Waals surface area contributed by atoms with Gasteiger partial charge in [0.1, 0.15) is 0 Å². The average molecular weight is 363 g/mol. The summed E-state index contributed by atoms with van der Waals surface area (Å²) in [4.78, 5) is 0. The van der Waals surface area contributed by atoms with Crippen molar-refractivity contribution < 1.29 is 0 Å². The summed E-state index contributed by atoms with van der Waals surface area (Å²) in [5.41, 5.74) is 1.99. The van der Waals surface area contributed by atoms with E-state index in [4.69, 9.17) is 46.4 Å². The first-order chi connectivity index (χ1) is 10.0. The first-order valence-electron chi connectivity index (χ1n) is 6.64. The molecule has 0 bridgehead atoms. The number of nitrogens with one attached hydrogen (secondary N) is 1. The highest BCUT2D eigenvalue weighted by atomic mass is 35.5. The van der Waals surface area contributed by atoms with Crippen LogP contribution >= 0.6 is 46.4 Å². The van der Waals surface area contributed by atoms with Crippen LogP contribution < -0.4 is 5.32 Å². The second kappa shape index (κ2) is 7.71. The van der Waals surface area contributed by atoms with Crippen LogP contribution in [0.2, 0.25) is 20.1 Å². The molecule has 2 rings (SSSR count). The van der Waals surface area contributed by atoms with Gasteiger partial charge in [0.05, 0.1) is 10.0 Å². The van der Waals surface area contributed by atoms with Gasteiger partial charge in [-0.05, 0) is 42.3 Å². The van der Waals surface area contributed by atoms with Crippen LogP contribution in [0.4, 0.5) is 0 Å². The fourth-order valence-corrected chi connectivity index (χ4v) is 3.19. The van der Waals surface area contributed by atoms with Gasteiger partial charge in [-0.1, -0.05) is 71.5 Å². The molecular formula is C16H15Cl4N. The minimum Gasteiger partial charge on any atom is -0.310 e. The third kappa shape index (κ3) is 4.28. The Hall–Kier alpha value is -0.440. The van der Waals surface area contributed by atoms with E-state index < -0.39 is 0 Å². The number of likely N-dealkylation sites (N-methyl/N-ethyl adjacent to an activating group) is 1. The van der Waals surface area contributed by atoms with Gasteiger partial charge in [-0.25, -0.2) is 0 Å². The fraction of sp³-hybridized carbons (Fsp3) is 0.250. The van der Waals surface area contributed by atoms with Crippen LogP contribution in [0.1, 0.15) is 24.1 Å². The van der Waals surface area contributed by atoms with Gasteiger partial charge in [0.25, 0.3) is 0 Å². The predicted molar refractivity (Wildman–Crippen MR) is 93.0 cm³/mol. The summed E-state index contributed by atoms with van der Waals surface area (Å²) in [6.07, 6.45) is 0.703. The second-order valence-corrected chi connectivity index (χ2v) is 6.32. The van der Waals surface area contributed by atoms with Gasteiger partial charge in [-0.3, -0.25) is 0 Å². The van der Waals surface area contributed by atoms with Crippen molar-refractivity contribution in [3.8, 4) is 0 Å². The first-order valence-corrected chi connectivity index (χ1v) is 8.15. The lowest BCUT2D eigenvalue weighted by Gasteiger charge is -2.20. The van der Waals surface area contributed by atoms with Gasteiger partial charge in [0, 0.05) is 16.1 Å². The molecule has 5 heteroatoms. The molecule has 0 saturated carbocycles. The normalized spacial score (nSPS) is 12.4. The zero-order valence-electron chi connectivity index (χ0n) is 11.5. The lowest BCUT2D eigenvalue weighted by Crippen LogP contribution is -2.23. The monoisotopic (exact) mass is 361 g/mol.